The lowest BCUT2D eigenvalue weighted by molar-refractivity contribution is 0.603. The third-order valence-electron chi connectivity index (χ3n) is 2.56. The molecule has 1 aromatic carbocycles. The molecule has 0 aliphatic carbocycles. The molecule has 0 saturated carbocycles. The lowest BCUT2D eigenvalue weighted by Crippen LogP contribution is -2.12. The van der Waals surface area contributed by atoms with Gasteiger partial charge < -0.3 is 0 Å². The van der Waals surface area contributed by atoms with Gasteiger partial charge in [0.2, 0.25) is 0 Å². The Morgan fingerprint density at radius 2 is 2.16 bits per heavy atom. The third kappa shape index (κ3) is 2.26. The Labute approximate surface area is 121 Å². The van der Waals surface area contributed by atoms with Crippen molar-refractivity contribution >= 4 is 53.9 Å². The summed E-state index contributed by atoms with van der Waals surface area (Å²) in [7, 11) is -3.59. The number of thiophene rings is 1. The maximum absolute atomic E-state index is 12.3. The van der Waals surface area contributed by atoms with E-state index in [0.29, 0.717) is 10.2 Å². The molecule has 0 bridgehead atoms. The molecule has 0 saturated heterocycles. The average molecular weight is 358 g/mol. The third-order valence-corrected chi connectivity index (χ3v) is 6.59. The van der Waals surface area contributed by atoms with Gasteiger partial charge in [-0.05, 0) is 39.5 Å². The summed E-state index contributed by atoms with van der Waals surface area (Å²) < 4.78 is 28.0. The Balaban J connectivity index is 2.06. The molecule has 3 rings (SSSR count). The molecule has 0 aliphatic heterocycles. The molecule has 0 spiro atoms. The number of H-pyrrole nitrogens is 1. The van der Waals surface area contributed by atoms with Crippen molar-refractivity contribution < 1.29 is 8.42 Å². The lowest BCUT2D eigenvalue weighted by atomic mass is 10.2. The minimum Gasteiger partial charge on any atom is -0.278 e. The highest BCUT2D eigenvalue weighted by molar-refractivity contribution is 9.10. The van der Waals surface area contributed by atoms with Gasteiger partial charge in [0.25, 0.3) is 10.0 Å². The van der Waals surface area contributed by atoms with Crippen LogP contribution in [0.3, 0.4) is 0 Å². The smallest absolute Gasteiger partial charge is 0.272 e. The van der Waals surface area contributed by atoms with Crippen LogP contribution in [0.1, 0.15) is 0 Å². The molecule has 19 heavy (non-hydrogen) atoms. The second kappa shape index (κ2) is 4.62. The van der Waals surface area contributed by atoms with Crippen LogP contribution in [0, 0.1) is 0 Å². The summed E-state index contributed by atoms with van der Waals surface area (Å²) in [6, 6.07) is 7.01. The molecular formula is C11H8BrN3O2S2. The fourth-order valence-electron chi connectivity index (χ4n) is 1.72. The zero-order chi connectivity index (χ0) is 13.5. The average Bonchev–Trinajstić information content (AvgIpc) is 2.97. The Hall–Kier alpha value is -1.38. The van der Waals surface area contributed by atoms with Crippen LogP contribution in [-0.2, 0) is 10.0 Å². The topological polar surface area (TPSA) is 74.8 Å². The van der Waals surface area contributed by atoms with Crippen molar-refractivity contribution in [2.75, 3.05) is 4.72 Å². The summed E-state index contributed by atoms with van der Waals surface area (Å²) in [6.45, 7) is 0. The van der Waals surface area contributed by atoms with Gasteiger partial charge in [-0.2, -0.15) is 5.10 Å². The largest absolute Gasteiger partial charge is 0.278 e. The van der Waals surface area contributed by atoms with Gasteiger partial charge in [-0.1, -0.05) is 6.07 Å². The van der Waals surface area contributed by atoms with E-state index in [1.54, 1.807) is 29.8 Å². The van der Waals surface area contributed by atoms with Crippen LogP contribution in [0.5, 0.6) is 0 Å². The molecule has 2 heterocycles. The van der Waals surface area contributed by atoms with Crippen molar-refractivity contribution in [3.63, 3.8) is 0 Å². The van der Waals surface area contributed by atoms with E-state index in [9.17, 15) is 8.42 Å². The maximum atomic E-state index is 12.3. The standard InChI is InChI=1S/C11H8BrN3O2S2/c12-8-4-5-18-11(8)19(16,17)15-10-3-1-2-9-7(10)6-13-14-9/h1-6,15H,(H,13,14). The fourth-order valence-corrected chi connectivity index (χ4v) is 5.14. The summed E-state index contributed by atoms with van der Waals surface area (Å²) >= 11 is 4.39. The highest BCUT2D eigenvalue weighted by Crippen LogP contribution is 2.30. The number of fused-ring (bicyclic) bond motifs is 1. The number of halogens is 1. The summed E-state index contributed by atoms with van der Waals surface area (Å²) in [6.07, 6.45) is 1.59. The van der Waals surface area contributed by atoms with Crippen molar-refractivity contribution in [1.29, 1.82) is 0 Å². The number of nitrogens with zero attached hydrogens (tertiary/aromatic N) is 1. The first-order chi connectivity index (χ1) is 9.08. The van der Waals surface area contributed by atoms with Gasteiger partial charge in [0.05, 0.1) is 17.4 Å². The van der Waals surface area contributed by atoms with Crippen LogP contribution in [0.15, 0.2) is 44.5 Å². The Kier molecular flexibility index (Phi) is 3.08. The summed E-state index contributed by atoms with van der Waals surface area (Å²) in [4.78, 5) is 0. The fraction of sp³-hybridized carbons (Fsp3) is 0. The second-order valence-electron chi connectivity index (χ2n) is 3.80. The zero-order valence-electron chi connectivity index (χ0n) is 9.42. The number of aromatic nitrogens is 2. The van der Waals surface area contributed by atoms with Gasteiger partial charge in [-0.15, -0.1) is 11.3 Å². The molecule has 0 unspecified atom stereocenters. The summed E-state index contributed by atoms with van der Waals surface area (Å²) in [5, 5.41) is 9.16. The molecule has 0 fully saturated rings. The monoisotopic (exact) mass is 357 g/mol. The second-order valence-corrected chi connectivity index (χ2v) is 7.45. The molecule has 2 N–H and O–H groups in total. The first-order valence-electron chi connectivity index (χ1n) is 5.26. The predicted octanol–water partition coefficient (Wildman–Crippen LogP) is 3.19. The van der Waals surface area contributed by atoms with Crippen molar-refractivity contribution in [3.05, 3.63) is 40.3 Å². The normalized spacial score (nSPS) is 11.8. The SMILES string of the molecule is O=S(=O)(Nc1cccc2[nH]ncc12)c1sccc1Br. The van der Waals surface area contributed by atoms with Crippen LogP contribution >= 0.6 is 27.3 Å². The molecule has 0 amide bonds. The number of hydrogen-bond acceptors (Lipinski definition) is 4. The van der Waals surface area contributed by atoms with Crippen LogP contribution in [0.2, 0.25) is 0 Å². The van der Waals surface area contributed by atoms with E-state index in [-0.39, 0.29) is 4.21 Å². The van der Waals surface area contributed by atoms with Crippen molar-refractivity contribution in [1.82, 2.24) is 10.2 Å². The van der Waals surface area contributed by atoms with E-state index in [2.05, 4.69) is 30.8 Å². The zero-order valence-corrected chi connectivity index (χ0v) is 12.6. The minimum absolute atomic E-state index is 0.257. The van der Waals surface area contributed by atoms with Crippen molar-refractivity contribution in [2.24, 2.45) is 0 Å². The number of anilines is 1. The molecule has 0 radical (unpaired) electrons. The van der Waals surface area contributed by atoms with E-state index < -0.39 is 10.0 Å². The van der Waals surface area contributed by atoms with Crippen LogP contribution in [0.4, 0.5) is 5.69 Å². The molecule has 98 valence electrons. The van der Waals surface area contributed by atoms with Crippen molar-refractivity contribution in [3.8, 4) is 0 Å². The quantitative estimate of drug-likeness (QED) is 0.755. The van der Waals surface area contributed by atoms with E-state index in [0.717, 1.165) is 22.2 Å². The van der Waals surface area contributed by atoms with Crippen LogP contribution < -0.4 is 4.72 Å². The van der Waals surface area contributed by atoms with E-state index in [1.807, 2.05) is 6.07 Å². The minimum atomic E-state index is -3.59. The molecule has 0 aliphatic rings. The molecule has 0 atom stereocenters. The molecule has 2 aromatic heterocycles. The van der Waals surface area contributed by atoms with Gasteiger partial charge in [0.1, 0.15) is 0 Å². The summed E-state index contributed by atoms with van der Waals surface area (Å²) in [5.41, 5.74) is 1.29. The maximum Gasteiger partial charge on any atom is 0.272 e. The van der Waals surface area contributed by atoms with Gasteiger partial charge >= 0.3 is 0 Å². The molecule has 3 aromatic rings. The molecular weight excluding hydrogens is 350 g/mol. The van der Waals surface area contributed by atoms with E-state index >= 15 is 0 Å². The Morgan fingerprint density at radius 1 is 1.32 bits per heavy atom. The number of sulfonamides is 1. The first kappa shape index (κ1) is 12.6. The number of rotatable bonds is 3. The van der Waals surface area contributed by atoms with Crippen molar-refractivity contribution in [2.45, 2.75) is 4.21 Å². The van der Waals surface area contributed by atoms with Crippen LogP contribution in [-0.4, -0.2) is 18.6 Å². The van der Waals surface area contributed by atoms with Gasteiger partial charge in [0, 0.05) is 9.86 Å². The van der Waals surface area contributed by atoms with E-state index in [4.69, 9.17) is 0 Å². The summed E-state index contributed by atoms with van der Waals surface area (Å²) in [5.74, 6) is 0. The lowest BCUT2D eigenvalue weighted by Gasteiger charge is -2.07. The van der Waals surface area contributed by atoms with Gasteiger partial charge in [0.15, 0.2) is 4.21 Å². The highest BCUT2D eigenvalue weighted by Gasteiger charge is 2.20. The number of nitrogens with one attached hydrogen (secondary N) is 2. The Morgan fingerprint density at radius 3 is 2.89 bits per heavy atom. The number of benzene rings is 1. The first-order valence-corrected chi connectivity index (χ1v) is 8.41. The predicted molar refractivity (Wildman–Crippen MR) is 78.9 cm³/mol. The van der Waals surface area contributed by atoms with Crippen LogP contribution in [0.25, 0.3) is 10.9 Å². The highest BCUT2D eigenvalue weighted by atomic mass is 79.9. The molecule has 5 nitrogen and oxygen atoms in total. The number of hydrogen-bond donors (Lipinski definition) is 2. The van der Waals surface area contributed by atoms with Gasteiger partial charge in [-0.3, -0.25) is 9.82 Å². The molecule has 8 heteroatoms. The van der Waals surface area contributed by atoms with E-state index in [1.165, 1.54) is 0 Å². The number of aromatic amines is 1. The Bertz CT molecular complexity index is 838. The van der Waals surface area contributed by atoms with Gasteiger partial charge in [-0.25, -0.2) is 8.42 Å².